The zero-order chi connectivity index (χ0) is 15.5. The standard InChI is InChI=1S/C16H17NO3S/c1-3-21(19,20)15-9-7-14(8-10-15)17-16(18)13-6-4-5-12(2)11-13/h4-11H,3H2,1-2H3,(H,17,18). The highest BCUT2D eigenvalue weighted by Gasteiger charge is 2.11. The summed E-state index contributed by atoms with van der Waals surface area (Å²) in [6.45, 7) is 3.52. The van der Waals surface area contributed by atoms with E-state index in [1.54, 1.807) is 31.2 Å². The molecule has 0 fully saturated rings. The lowest BCUT2D eigenvalue weighted by Gasteiger charge is -2.07. The summed E-state index contributed by atoms with van der Waals surface area (Å²) in [6, 6.07) is 13.5. The fourth-order valence-electron chi connectivity index (χ4n) is 1.90. The van der Waals surface area contributed by atoms with E-state index in [0.29, 0.717) is 11.3 Å². The van der Waals surface area contributed by atoms with Gasteiger partial charge in [0, 0.05) is 11.3 Å². The van der Waals surface area contributed by atoms with Crippen LogP contribution in [0.15, 0.2) is 53.4 Å². The number of anilines is 1. The van der Waals surface area contributed by atoms with Gasteiger partial charge in [0.15, 0.2) is 9.84 Å². The molecule has 1 amide bonds. The molecule has 2 aromatic rings. The van der Waals surface area contributed by atoms with Gasteiger partial charge in [-0.05, 0) is 43.3 Å². The molecule has 0 saturated carbocycles. The Hall–Kier alpha value is -2.14. The molecule has 0 aliphatic carbocycles. The number of hydrogen-bond acceptors (Lipinski definition) is 3. The lowest BCUT2D eigenvalue weighted by atomic mass is 10.1. The van der Waals surface area contributed by atoms with Crippen molar-refractivity contribution < 1.29 is 13.2 Å². The zero-order valence-corrected chi connectivity index (χ0v) is 12.8. The predicted molar refractivity (Wildman–Crippen MR) is 83.3 cm³/mol. The highest BCUT2D eigenvalue weighted by Crippen LogP contribution is 2.16. The first-order valence-electron chi connectivity index (χ1n) is 6.63. The molecular weight excluding hydrogens is 286 g/mol. The quantitative estimate of drug-likeness (QED) is 0.944. The average molecular weight is 303 g/mol. The molecule has 0 aliphatic heterocycles. The molecule has 21 heavy (non-hydrogen) atoms. The van der Waals surface area contributed by atoms with Crippen molar-refractivity contribution in [3.63, 3.8) is 0 Å². The highest BCUT2D eigenvalue weighted by molar-refractivity contribution is 7.91. The first-order valence-corrected chi connectivity index (χ1v) is 8.28. The van der Waals surface area contributed by atoms with Gasteiger partial charge in [-0.2, -0.15) is 0 Å². The van der Waals surface area contributed by atoms with Crippen molar-refractivity contribution in [3.8, 4) is 0 Å². The predicted octanol–water partition coefficient (Wildman–Crippen LogP) is 3.04. The molecule has 0 saturated heterocycles. The number of amides is 1. The molecule has 5 heteroatoms. The van der Waals surface area contributed by atoms with Crippen LogP contribution < -0.4 is 5.32 Å². The van der Waals surface area contributed by atoms with E-state index in [1.807, 2.05) is 19.1 Å². The normalized spacial score (nSPS) is 11.1. The third kappa shape index (κ3) is 3.70. The number of hydrogen-bond donors (Lipinski definition) is 1. The molecule has 0 bridgehead atoms. The van der Waals surface area contributed by atoms with Crippen molar-refractivity contribution in [2.24, 2.45) is 0 Å². The molecular formula is C16H17NO3S. The topological polar surface area (TPSA) is 63.2 Å². The van der Waals surface area contributed by atoms with Crippen molar-refractivity contribution in [1.29, 1.82) is 0 Å². The smallest absolute Gasteiger partial charge is 0.255 e. The van der Waals surface area contributed by atoms with Crippen LogP contribution in [0.2, 0.25) is 0 Å². The minimum Gasteiger partial charge on any atom is -0.322 e. The molecule has 0 heterocycles. The number of sulfone groups is 1. The van der Waals surface area contributed by atoms with E-state index in [9.17, 15) is 13.2 Å². The minimum absolute atomic E-state index is 0.0575. The second-order valence-corrected chi connectivity index (χ2v) is 7.03. The summed E-state index contributed by atoms with van der Waals surface area (Å²) in [7, 11) is -3.21. The Kier molecular flexibility index (Phi) is 4.43. The summed E-state index contributed by atoms with van der Waals surface area (Å²) < 4.78 is 23.4. The SMILES string of the molecule is CCS(=O)(=O)c1ccc(NC(=O)c2cccc(C)c2)cc1. The fourth-order valence-corrected chi connectivity index (χ4v) is 2.79. The summed E-state index contributed by atoms with van der Waals surface area (Å²) in [6.07, 6.45) is 0. The number of nitrogens with one attached hydrogen (secondary N) is 1. The molecule has 0 spiro atoms. The van der Waals surface area contributed by atoms with E-state index in [1.165, 1.54) is 12.1 Å². The van der Waals surface area contributed by atoms with Crippen LogP contribution in [0.4, 0.5) is 5.69 Å². The second-order valence-electron chi connectivity index (χ2n) is 4.75. The van der Waals surface area contributed by atoms with Crippen LogP contribution in [0.25, 0.3) is 0 Å². The van der Waals surface area contributed by atoms with E-state index < -0.39 is 9.84 Å². The lowest BCUT2D eigenvalue weighted by Crippen LogP contribution is -2.12. The Morgan fingerprint density at radius 1 is 1.10 bits per heavy atom. The molecule has 0 unspecified atom stereocenters. The summed E-state index contributed by atoms with van der Waals surface area (Å²) in [4.78, 5) is 12.3. The molecule has 0 atom stereocenters. The number of carbonyl (C=O) groups excluding carboxylic acids is 1. The second kappa shape index (κ2) is 6.10. The number of rotatable bonds is 4. The molecule has 1 N–H and O–H groups in total. The van der Waals surface area contributed by atoms with Gasteiger partial charge in [0.1, 0.15) is 0 Å². The maximum Gasteiger partial charge on any atom is 0.255 e. The van der Waals surface area contributed by atoms with Crippen LogP contribution in [-0.4, -0.2) is 20.1 Å². The monoisotopic (exact) mass is 303 g/mol. The van der Waals surface area contributed by atoms with E-state index in [-0.39, 0.29) is 16.6 Å². The van der Waals surface area contributed by atoms with E-state index >= 15 is 0 Å². The average Bonchev–Trinajstić information content (AvgIpc) is 2.48. The fraction of sp³-hybridized carbons (Fsp3) is 0.188. The first kappa shape index (κ1) is 15.3. The van der Waals surface area contributed by atoms with Crippen molar-refractivity contribution in [2.75, 3.05) is 11.1 Å². The van der Waals surface area contributed by atoms with Crippen molar-refractivity contribution >= 4 is 21.4 Å². The maximum atomic E-state index is 12.1. The Morgan fingerprint density at radius 2 is 1.76 bits per heavy atom. The highest BCUT2D eigenvalue weighted by atomic mass is 32.2. The third-order valence-electron chi connectivity index (χ3n) is 3.13. The number of carbonyl (C=O) groups is 1. The van der Waals surface area contributed by atoms with Gasteiger partial charge in [-0.15, -0.1) is 0 Å². The van der Waals surface area contributed by atoms with Gasteiger partial charge in [-0.1, -0.05) is 24.6 Å². The third-order valence-corrected chi connectivity index (χ3v) is 4.88. The number of aryl methyl sites for hydroxylation is 1. The largest absolute Gasteiger partial charge is 0.322 e. The zero-order valence-electron chi connectivity index (χ0n) is 12.0. The summed E-state index contributed by atoms with van der Waals surface area (Å²) in [5.74, 6) is -0.160. The van der Waals surface area contributed by atoms with Gasteiger partial charge in [0.2, 0.25) is 0 Å². The maximum absolute atomic E-state index is 12.1. The van der Waals surface area contributed by atoms with Crippen LogP contribution in [0, 0.1) is 6.92 Å². The lowest BCUT2D eigenvalue weighted by molar-refractivity contribution is 0.102. The van der Waals surface area contributed by atoms with Crippen LogP contribution in [-0.2, 0) is 9.84 Å². The van der Waals surface area contributed by atoms with Gasteiger partial charge < -0.3 is 5.32 Å². The van der Waals surface area contributed by atoms with Crippen LogP contribution in [0.1, 0.15) is 22.8 Å². The first-order chi connectivity index (χ1) is 9.92. The molecule has 110 valence electrons. The molecule has 4 nitrogen and oxygen atoms in total. The Bertz CT molecular complexity index is 749. The van der Waals surface area contributed by atoms with Gasteiger partial charge in [-0.3, -0.25) is 4.79 Å². The summed E-state index contributed by atoms with van der Waals surface area (Å²) in [5.41, 5.74) is 2.14. The summed E-state index contributed by atoms with van der Waals surface area (Å²) >= 11 is 0. The van der Waals surface area contributed by atoms with Gasteiger partial charge in [0.05, 0.1) is 10.6 Å². The van der Waals surface area contributed by atoms with E-state index in [4.69, 9.17) is 0 Å². The van der Waals surface area contributed by atoms with Gasteiger partial charge in [-0.25, -0.2) is 8.42 Å². The Morgan fingerprint density at radius 3 is 2.33 bits per heavy atom. The van der Waals surface area contributed by atoms with Crippen LogP contribution in [0.3, 0.4) is 0 Å². The molecule has 2 rings (SSSR count). The van der Waals surface area contributed by atoms with E-state index in [2.05, 4.69) is 5.32 Å². The molecule has 0 aliphatic rings. The molecule has 0 aromatic heterocycles. The minimum atomic E-state index is -3.21. The van der Waals surface area contributed by atoms with Crippen molar-refractivity contribution in [2.45, 2.75) is 18.7 Å². The summed E-state index contributed by atoms with van der Waals surface area (Å²) in [5, 5.41) is 2.75. The van der Waals surface area contributed by atoms with Crippen molar-refractivity contribution in [1.82, 2.24) is 0 Å². The van der Waals surface area contributed by atoms with E-state index in [0.717, 1.165) is 5.56 Å². The van der Waals surface area contributed by atoms with Crippen LogP contribution in [0.5, 0.6) is 0 Å². The Labute approximate surface area is 124 Å². The molecule has 2 aromatic carbocycles. The molecule has 0 radical (unpaired) electrons. The van der Waals surface area contributed by atoms with Gasteiger partial charge >= 0.3 is 0 Å². The van der Waals surface area contributed by atoms with Gasteiger partial charge in [0.25, 0.3) is 5.91 Å². The van der Waals surface area contributed by atoms with Crippen LogP contribution >= 0.6 is 0 Å². The van der Waals surface area contributed by atoms with Crippen molar-refractivity contribution in [3.05, 3.63) is 59.7 Å². The Balaban J connectivity index is 2.16. The number of benzene rings is 2.